The molecule has 0 saturated carbocycles. The third kappa shape index (κ3) is 3.28. The molecule has 0 fully saturated rings. The molecular formula is C6H13ClO. The van der Waals surface area contributed by atoms with Gasteiger partial charge in [0.25, 0.3) is 0 Å². The molecule has 0 rings (SSSR count). The lowest BCUT2D eigenvalue weighted by atomic mass is 10.1. The van der Waals surface area contributed by atoms with Crippen molar-refractivity contribution < 1.29 is 5.11 Å². The van der Waals surface area contributed by atoms with Gasteiger partial charge in [0.05, 0.1) is 6.10 Å². The van der Waals surface area contributed by atoms with Crippen LogP contribution in [0.2, 0.25) is 0 Å². The maximum atomic E-state index is 9.04. The molecule has 0 aromatic carbocycles. The highest BCUT2D eigenvalue weighted by Crippen LogP contribution is 2.05. The molecule has 0 aliphatic rings. The summed E-state index contributed by atoms with van der Waals surface area (Å²) in [6, 6.07) is 0. The molecule has 0 heterocycles. The van der Waals surface area contributed by atoms with Crippen molar-refractivity contribution in [3.05, 3.63) is 0 Å². The molecular weight excluding hydrogens is 124 g/mol. The van der Waals surface area contributed by atoms with E-state index in [0.29, 0.717) is 18.2 Å². The van der Waals surface area contributed by atoms with Crippen LogP contribution >= 0.6 is 11.6 Å². The molecule has 0 bridgehead atoms. The molecule has 0 aromatic heterocycles. The number of rotatable bonds is 3. The highest BCUT2D eigenvalue weighted by molar-refractivity contribution is 6.17. The molecule has 0 radical (unpaired) electrons. The minimum atomic E-state index is -0.215. The molecule has 2 heteroatoms. The lowest BCUT2D eigenvalue weighted by molar-refractivity contribution is 0.122. The zero-order valence-electron chi connectivity index (χ0n) is 5.39. The van der Waals surface area contributed by atoms with Gasteiger partial charge < -0.3 is 5.11 Å². The lowest BCUT2D eigenvalue weighted by Crippen LogP contribution is -2.14. The molecule has 1 atom stereocenters. The van der Waals surface area contributed by atoms with Crippen LogP contribution in [0.25, 0.3) is 0 Å². The van der Waals surface area contributed by atoms with E-state index in [4.69, 9.17) is 16.7 Å². The molecule has 1 N–H and O–H groups in total. The summed E-state index contributed by atoms with van der Waals surface area (Å²) >= 11 is 5.38. The summed E-state index contributed by atoms with van der Waals surface area (Å²) in [5.41, 5.74) is 0. The zero-order chi connectivity index (χ0) is 6.57. The van der Waals surface area contributed by atoms with Crippen LogP contribution < -0.4 is 0 Å². The molecule has 0 aromatic rings. The van der Waals surface area contributed by atoms with Crippen LogP contribution in [-0.4, -0.2) is 17.1 Å². The molecule has 0 aliphatic carbocycles. The van der Waals surface area contributed by atoms with E-state index >= 15 is 0 Å². The van der Waals surface area contributed by atoms with Crippen LogP contribution in [0.3, 0.4) is 0 Å². The van der Waals surface area contributed by atoms with E-state index in [1.807, 2.05) is 13.8 Å². The Morgan fingerprint density at radius 1 is 1.50 bits per heavy atom. The fraction of sp³-hybridized carbons (Fsp3) is 1.00. The summed E-state index contributed by atoms with van der Waals surface area (Å²) in [7, 11) is 0. The zero-order valence-corrected chi connectivity index (χ0v) is 6.15. The number of hydrogen-bond acceptors (Lipinski definition) is 1. The minimum Gasteiger partial charge on any atom is -0.393 e. The van der Waals surface area contributed by atoms with E-state index in [1.165, 1.54) is 0 Å². The summed E-state index contributed by atoms with van der Waals surface area (Å²) in [5, 5.41) is 9.04. The van der Waals surface area contributed by atoms with Crippen molar-refractivity contribution in [1.29, 1.82) is 0 Å². The van der Waals surface area contributed by atoms with Crippen LogP contribution in [0.4, 0.5) is 0 Å². The van der Waals surface area contributed by atoms with E-state index in [1.54, 1.807) is 0 Å². The van der Waals surface area contributed by atoms with Gasteiger partial charge in [-0.15, -0.1) is 11.6 Å². The molecule has 1 unspecified atom stereocenters. The smallest absolute Gasteiger partial charge is 0.0574 e. The monoisotopic (exact) mass is 136 g/mol. The standard InChI is InChI=1S/C6H13ClO/c1-5(2)6(8)3-4-7/h5-6,8H,3-4H2,1-2H3. The molecule has 0 amide bonds. The van der Waals surface area contributed by atoms with Crippen molar-refractivity contribution in [2.24, 2.45) is 5.92 Å². The Bertz CT molecular complexity index is 54.5. The van der Waals surface area contributed by atoms with Gasteiger partial charge in [-0.3, -0.25) is 0 Å². The van der Waals surface area contributed by atoms with Gasteiger partial charge in [-0.25, -0.2) is 0 Å². The van der Waals surface area contributed by atoms with E-state index < -0.39 is 0 Å². The Morgan fingerprint density at radius 2 is 2.00 bits per heavy atom. The summed E-state index contributed by atoms with van der Waals surface area (Å²) in [6.45, 7) is 3.97. The second kappa shape index (κ2) is 4.16. The lowest BCUT2D eigenvalue weighted by Gasteiger charge is -2.10. The number of hydrogen-bond donors (Lipinski definition) is 1. The Labute approximate surface area is 55.7 Å². The van der Waals surface area contributed by atoms with Crippen molar-refractivity contribution >= 4 is 11.6 Å². The van der Waals surface area contributed by atoms with Crippen LogP contribution in [0.1, 0.15) is 20.3 Å². The maximum Gasteiger partial charge on any atom is 0.0574 e. The molecule has 0 aliphatic heterocycles. The largest absolute Gasteiger partial charge is 0.393 e. The van der Waals surface area contributed by atoms with Crippen molar-refractivity contribution in [1.82, 2.24) is 0 Å². The first-order valence-electron chi connectivity index (χ1n) is 2.92. The van der Waals surface area contributed by atoms with Gasteiger partial charge in [-0.2, -0.15) is 0 Å². The number of halogens is 1. The second-order valence-electron chi connectivity index (χ2n) is 2.29. The average Bonchev–Trinajstić information content (AvgIpc) is 1.67. The van der Waals surface area contributed by atoms with E-state index in [0.717, 1.165) is 0 Å². The third-order valence-corrected chi connectivity index (χ3v) is 1.39. The third-order valence-electron chi connectivity index (χ3n) is 1.17. The Balaban J connectivity index is 3.17. The molecule has 0 saturated heterocycles. The van der Waals surface area contributed by atoms with Crippen LogP contribution in [0.15, 0.2) is 0 Å². The number of aliphatic hydroxyl groups excluding tert-OH is 1. The quantitative estimate of drug-likeness (QED) is 0.585. The number of alkyl halides is 1. The second-order valence-corrected chi connectivity index (χ2v) is 2.67. The van der Waals surface area contributed by atoms with Gasteiger partial charge in [0.1, 0.15) is 0 Å². The predicted molar refractivity (Wildman–Crippen MR) is 36.2 cm³/mol. The maximum absolute atomic E-state index is 9.04. The molecule has 0 spiro atoms. The van der Waals surface area contributed by atoms with Gasteiger partial charge in [0.15, 0.2) is 0 Å². The Hall–Kier alpha value is 0.250. The van der Waals surface area contributed by atoms with Crippen molar-refractivity contribution in [2.75, 3.05) is 5.88 Å². The first-order chi connectivity index (χ1) is 3.68. The van der Waals surface area contributed by atoms with Gasteiger partial charge in [0, 0.05) is 5.88 Å². The first kappa shape index (κ1) is 8.25. The van der Waals surface area contributed by atoms with Crippen LogP contribution in [-0.2, 0) is 0 Å². The highest BCUT2D eigenvalue weighted by atomic mass is 35.5. The van der Waals surface area contributed by atoms with Gasteiger partial charge >= 0.3 is 0 Å². The van der Waals surface area contributed by atoms with Gasteiger partial charge in [-0.1, -0.05) is 13.8 Å². The topological polar surface area (TPSA) is 20.2 Å². The van der Waals surface area contributed by atoms with Crippen LogP contribution in [0.5, 0.6) is 0 Å². The molecule has 8 heavy (non-hydrogen) atoms. The Morgan fingerprint density at radius 3 is 2.12 bits per heavy atom. The average molecular weight is 137 g/mol. The van der Waals surface area contributed by atoms with Gasteiger partial charge in [0.2, 0.25) is 0 Å². The minimum absolute atomic E-state index is 0.215. The van der Waals surface area contributed by atoms with Crippen LogP contribution in [0, 0.1) is 5.92 Å². The number of aliphatic hydroxyl groups is 1. The van der Waals surface area contributed by atoms with E-state index in [-0.39, 0.29) is 6.10 Å². The van der Waals surface area contributed by atoms with Gasteiger partial charge in [-0.05, 0) is 12.3 Å². The van der Waals surface area contributed by atoms with E-state index in [9.17, 15) is 0 Å². The predicted octanol–water partition coefficient (Wildman–Crippen LogP) is 1.63. The highest BCUT2D eigenvalue weighted by Gasteiger charge is 2.06. The summed E-state index contributed by atoms with van der Waals surface area (Å²) < 4.78 is 0. The summed E-state index contributed by atoms with van der Waals surface area (Å²) in [6.07, 6.45) is 0.492. The fourth-order valence-corrected chi connectivity index (χ4v) is 0.669. The van der Waals surface area contributed by atoms with Crippen molar-refractivity contribution in [3.63, 3.8) is 0 Å². The summed E-state index contributed by atoms with van der Waals surface area (Å²) in [5.74, 6) is 0.896. The SMILES string of the molecule is CC(C)C(O)CCCl. The normalized spacial score (nSPS) is 14.6. The molecule has 50 valence electrons. The van der Waals surface area contributed by atoms with E-state index in [2.05, 4.69) is 0 Å². The van der Waals surface area contributed by atoms with Crippen molar-refractivity contribution in [2.45, 2.75) is 26.4 Å². The van der Waals surface area contributed by atoms with Crippen molar-refractivity contribution in [3.8, 4) is 0 Å². The first-order valence-corrected chi connectivity index (χ1v) is 3.46. The fourth-order valence-electron chi connectivity index (χ4n) is 0.445. The molecule has 1 nitrogen and oxygen atoms in total. The Kier molecular flexibility index (Phi) is 4.29. The summed E-state index contributed by atoms with van der Waals surface area (Å²) in [4.78, 5) is 0.